The molecule has 6 nitrogen and oxygen atoms in total. The lowest BCUT2D eigenvalue weighted by molar-refractivity contribution is -0.120. The SMILES string of the molecule is CCOC(=O)NCC(=O)NCCOC. The van der Waals surface area contributed by atoms with Gasteiger partial charge in [0.25, 0.3) is 0 Å². The zero-order valence-electron chi connectivity index (χ0n) is 8.46. The number of carbonyl (C=O) groups excluding carboxylic acids is 2. The summed E-state index contributed by atoms with van der Waals surface area (Å²) in [5.41, 5.74) is 0. The summed E-state index contributed by atoms with van der Waals surface area (Å²) in [6.45, 7) is 2.78. The van der Waals surface area contributed by atoms with Gasteiger partial charge in [0.1, 0.15) is 0 Å². The number of hydrogen-bond acceptors (Lipinski definition) is 4. The maximum atomic E-state index is 11.0. The molecule has 6 heteroatoms. The molecule has 0 unspecified atom stereocenters. The molecule has 82 valence electrons. The lowest BCUT2D eigenvalue weighted by Crippen LogP contribution is -2.38. The lowest BCUT2D eigenvalue weighted by atomic mass is 10.5. The molecule has 0 aliphatic carbocycles. The standard InChI is InChI=1S/C8H16N2O4/c1-3-14-8(12)10-6-7(11)9-4-5-13-2/h3-6H2,1-2H3,(H,9,11)(H,10,12). The molecule has 0 saturated carbocycles. The van der Waals surface area contributed by atoms with E-state index in [2.05, 4.69) is 15.4 Å². The van der Waals surface area contributed by atoms with Gasteiger partial charge >= 0.3 is 6.09 Å². The highest BCUT2D eigenvalue weighted by molar-refractivity contribution is 5.81. The third kappa shape index (κ3) is 7.35. The van der Waals surface area contributed by atoms with E-state index in [9.17, 15) is 9.59 Å². The Hall–Kier alpha value is -1.30. The Bertz CT molecular complexity index is 184. The molecule has 0 aliphatic rings. The predicted molar refractivity (Wildman–Crippen MR) is 49.9 cm³/mol. The zero-order chi connectivity index (χ0) is 10.8. The van der Waals surface area contributed by atoms with Gasteiger partial charge in [0, 0.05) is 13.7 Å². The van der Waals surface area contributed by atoms with Crippen LogP contribution in [-0.2, 0) is 14.3 Å². The fourth-order valence-electron chi connectivity index (χ4n) is 0.690. The first-order chi connectivity index (χ1) is 6.70. The number of carbonyl (C=O) groups is 2. The monoisotopic (exact) mass is 204 g/mol. The molecule has 2 amide bonds. The quantitative estimate of drug-likeness (QED) is 0.571. The van der Waals surface area contributed by atoms with Gasteiger partial charge < -0.3 is 20.1 Å². The molecule has 0 aliphatic heterocycles. The molecular weight excluding hydrogens is 188 g/mol. The van der Waals surface area contributed by atoms with Gasteiger partial charge in [-0.05, 0) is 6.92 Å². The molecule has 0 saturated heterocycles. The number of nitrogens with one attached hydrogen (secondary N) is 2. The highest BCUT2D eigenvalue weighted by atomic mass is 16.5. The van der Waals surface area contributed by atoms with Crippen molar-refractivity contribution in [2.75, 3.05) is 33.4 Å². The first-order valence-corrected chi connectivity index (χ1v) is 4.37. The molecule has 0 spiro atoms. The minimum Gasteiger partial charge on any atom is -0.450 e. The van der Waals surface area contributed by atoms with Crippen molar-refractivity contribution in [3.8, 4) is 0 Å². The topological polar surface area (TPSA) is 76.7 Å². The van der Waals surface area contributed by atoms with Gasteiger partial charge in [-0.1, -0.05) is 0 Å². The smallest absolute Gasteiger partial charge is 0.407 e. The number of ether oxygens (including phenoxy) is 2. The summed E-state index contributed by atoms with van der Waals surface area (Å²) in [7, 11) is 1.54. The fourth-order valence-corrected chi connectivity index (χ4v) is 0.690. The van der Waals surface area contributed by atoms with Crippen molar-refractivity contribution in [3.05, 3.63) is 0 Å². The van der Waals surface area contributed by atoms with Gasteiger partial charge in [0.15, 0.2) is 0 Å². The normalized spacial score (nSPS) is 9.29. The molecule has 0 rings (SSSR count). The summed E-state index contributed by atoms with van der Waals surface area (Å²) in [5, 5.41) is 4.84. The molecule has 0 aromatic rings. The van der Waals surface area contributed by atoms with Crippen molar-refractivity contribution in [3.63, 3.8) is 0 Å². The Morgan fingerprint density at radius 1 is 1.29 bits per heavy atom. The van der Waals surface area contributed by atoms with E-state index in [1.54, 1.807) is 14.0 Å². The van der Waals surface area contributed by atoms with E-state index in [-0.39, 0.29) is 19.1 Å². The van der Waals surface area contributed by atoms with Gasteiger partial charge in [-0.15, -0.1) is 0 Å². The molecule has 14 heavy (non-hydrogen) atoms. The highest BCUT2D eigenvalue weighted by Gasteiger charge is 2.03. The number of rotatable bonds is 6. The number of methoxy groups -OCH3 is 1. The summed E-state index contributed by atoms with van der Waals surface area (Å²) < 4.78 is 9.29. The second kappa shape index (κ2) is 8.31. The minimum absolute atomic E-state index is 0.0808. The van der Waals surface area contributed by atoms with Crippen LogP contribution in [0.2, 0.25) is 0 Å². The van der Waals surface area contributed by atoms with E-state index in [1.165, 1.54) is 0 Å². The Labute approximate surface area is 82.9 Å². The molecule has 0 atom stereocenters. The number of amides is 2. The molecule has 0 aromatic heterocycles. The molecular formula is C8H16N2O4. The van der Waals surface area contributed by atoms with Crippen LogP contribution < -0.4 is 10.6 Å². The average molecular weight is 204 g/mol. The Morgan fingerprint density at radius 2 is 2.00 bits per heavy atom. The van der Waals surface area contributed by atoms with Crippen LogP contribution in [0.1, 0.15) is 6.92 Å². The average Bonchev–Trinajstić information content (AvgIpc) is 2.16. The summed E-state index contributed by atoms with van der Waals surface area (Å²) in [4.78, 5) is 21.7. The van der Waals surface area contributed by atoms with Gasteiger partial charge in [-0.2, -0.15) is 0 Å². The molecule has 0 bridgehead atoms. The number of alkyl carbamates (subject to hydrolysis) is 1. The van der Waals surface area contributed by atoms with E-state index in [1.807, 2.05) is 0 Å². The predicted octanol–water partition coefficient (Wildman–Crippen LogP) is -0.505. The summed E-state index contributed by atoms with van der Waals surface area (Å²) in [5.74, 6) is -0.268. The van der Waals surface area contributed by atoms with Crippen molar-refractivity contribution >= 4 is 12.0 Å². The summed E-state index contributed by atoms with van der Waals surface area (Å²) in [6.07, 6.45) is -0.589. The minimum atomic E-state index is -0.589. The van der Waals surface area contributed by atoms with Crippen molar-refractivity contribution in [1.29, 1.82) is 0 Å². The second-order valence-electron chi connectivity index (χ2n) is 2.42. The summed E-state index contributed by atoms with van der Waals surface area (Å²) in [6, 6.07) is 0. The van der Waals surface area contributed by atoms with Crippen LogP contribution in [0, 0.1) is 0 Å². The van der Waals surface area contributed by atoms with Crippen molar-refractivity contribution < 1.29 is 19.1 Å². The highest BCUT2D eigenvalue weighted by Crippen LogP contribution is 1.75. The molecule has 0 aromatic carbocycles. The summed E-state index contributed by atoms with van der Waals surface area (Å²) >= 11 is 0. The van der Waals surface area contributed by atoms with Crippen LogP contribution >= 0.6 is 0 Å². The first-order valence-electron chi connectivity index (χ1n) is 4.37. The van der Waals surface area contributed by atoms with Crippen LogP contribution in [0.4, 0.5) is 4.79 Å². The maximum absolute atomic E-state index is 11.0. The second-order valence-corrected chi connectivity index (χ2v) is 2.42. The fraction of sp³-hybridized carbons (Fsp3) is 0.750. The van der Waals surface area contributed by atoms with E-state index in [0.717, 1.165) is 0 Å². The van der Waals surface area contributed by atoms with Gasteiger partial charge in [0.2, 0.25) is 5.91 Å². The third-order valence-corrected chi connectivity index (χ3v) is 1.30. The van der Waals surface area contributed by atoms with Crippen LogP contribution in [-0.4, -0.2) is 45.4 Å². The van der Waals surface area contributed by atoms with E-state index < -0.39 is 6.09 Å². The molecule has 0 heterocycles. The lowest BCUT2D eigenvalue weighted by Gasteiger charge is -2.05. The van der Waals surface area contributed by atoms with E-state index >= 15 is 0 Å². The van der Waals surface area contributed by atoms with Crippen LogP contribution in [0.3, 0.4) is 0 Å². The maximum Gasteiger partial charge on any atom is 0.407 e. The van der Waals surface area contributed by atoms with E-state index in [0.29, 0.717) is 13.2 Å². The zero-order valence-corrected chi connectivity index (χ0v) is 8.46. The van der Waals surface area contributed by atoms with Crippen molar-refractivity contribution in [2.45, 2.75) is 6.92 Å². The Morgan fingerprint density at radius 3 is 2.57 bits per heavy atom. The third-order valence-electron chi connectivity index (χ3n) is 1.30. The van der Waals surface area contributed by atoms with Crippen LogP contribution in [0.15, 0.2) is 0 Å². The van der Waals surface area contributed by atoms with Gasteiger partial charge in [-0.3, -0.25) is 4.79 Å². The van der Waals surface area contributed by atoms with Crippen LogP contribution in [0.25, 0.3) is 0 Å². The first kappa shape index (κ1) is 12.7. The van der Waals surface area contributed by atoms with Gasteiger partial charge in [0.05, 0.1) is 19.8 Å². The number of hydrogen-bond donors (Lipinski definition) is 2. The molecule has 0 fully saturated rings. The molecule has 0 radical (unpaired) electrons. The van der Waals surface area contributed by atoms with Crippen molar-refractivity contribution in [1.82, 2.24) is 10.6 Å². The Balaban J connectivity index is 3.39. The Kier molecular flexibility index (Phi) is 7.53. The van der Waals surface area contributed by atoms with E-state index in [4.69, 9.17) is 4.74 Å². The largest absolute Gasteiger partial charge is 0.450 e. The van der Waals surface area contributed by atoms with Crippen molar-refractivity contribution in [2.24, 2.45) is 0 Å². The molecule has 2 N–H and O–H groups in total. The van der Waals surface area contributed by atoms with Crippen LogP contribution in [0.5, 0.6) is 0 Å². The van der Waals surface area contributed by atoms with Gasteiger partial charge in [-0.25, -0.2) is 4.79 Å².